The van der Waals surface area contributed by atoms with Crippen LogP contribution in [0.1, 0.15) is 47.0 Å². The molecule has 0 bridgehead atoms. The lowest BCUT2D eigenvalue weighted by Crippen LogP contribution is -2.44. The lowest BCUT2D eigenvalue weighted by atomic mass is 10.1. The molecule has 96 valence electrons. The summed E-state index contributed by atoms with van der Waals surface area (Å²) in [5.74, 6) is 0.585. The van der Waals surface area contributed by atoms with Crippen molar-refractivity contribution in [3.63, 3.8) is 0 Å². The molecule has 2 unspecified atom stereocenters. The maximum atomic E-state index is 11.5. The van der Waals surface area contributed by atoms with Gasteiger partial charge in [0.15, 0.2) is 0 Å². The van der Waals surface area contributed by atoms with Crippen LogP contribution in [0.3, 0.4) is 0 Å². The van der Waals surface area contributed by atoms with E-state index in [0.717, 1.165) is 19.3 Å². The van der Waals surface area contributed by atoms with Crippen LogP contribution in [0.25, 0.3) is 0 Å². The number of hydrogen-bond acceptors (Lipinski definition) is 2. The second kappa shape index (κ2) is 8.39. The van der Waals surface area contributed by atoms with Crippen molar-refractivity contribution in [2.45, 2.75) is 59.0 Å². The average Bonchev–Trinajstić information content (AvgIpc) is 2.12. The van der Waals surface area contributed by atoms with Crippen molar-refractivity contribution in [2.75, 3.05) is 6.61 Å². The molecular formula is C12H26N2O2. The van der Waals surface area contributed by atoms with E-state index in [1.807, 2.05) is 13.8 Å². The van der Waals surface area contributed by atoms with Crippen LogP contribution in [-0.2, 0) is 0 Å². The van der Waals surface area contributed by atoms with Gasteiger partial charge in [0.05, 0.1) is 0 Å². The van der Waals surface area contributed by atoms with Crippen LogP contribution in [0.15, 0.2) is 0 Å². The number of aliphatic hydroxyl groups is 1. The number of aliphatic hydroxyl groups excluding tert-OH is 1. The number of carbonyl (C=O) groups is 1. The number of urea groups is 1. The van der Waals surface area contributed by atoms with E-state index >= 15 is 0 Å². The van der Waals surface area contributed by atoms with Gasteiger partial charge in [-0.3, -0.25) is 0 Å². The van der Waals surface area contributed by atoms with Gasteiger partial charge in [-0.15, -0.1) is 0 Å². The summed E-state index contributed by atoms with van der Waals surface area (Å²) in [7, 11) is 0. The molecule has 4 heteroatoms. The summed E-state index contributed by atoms with van der Waals surface area (Å²) < 4.78 is 0. The van der Waals surface area contributed by atoms with Gasteiger partial charge in [0.25, 0.3) is 0 Å². The minimum atomic E-state index is -0.112. The highest BCUT2D eigenvalue weighted by molar-refractivity contribution is 5.74. The van der Waals surface area contributed by atoms with Crippen LogP contribution in [-0.4, -0.2) is 29.8 Å². The number of amides is 2. The van der Waals surface area contributed by atoms with Crippen LogP contribution < -0.4 is 10.6 Å². The Kier molecular flexibility index (Phi) is 7.99. The first-order valence-corrected chi connectivity index (χ1v) is 6.13. The monoisotopic (exact) mass is 230 g/mol. The third-order valence-electron chi connectivity index (χ3n) is 2.38. The molecular weight excluding hydrogens is 204 g/mol. The molecule has 0 aromatic rings. The Morgan fingerprint density at radius 2 is 1.69 bits per heavy atom. The number of carbonyl (C=O) groups excluding carboxylic acids is 1. The number of hydrogen-bond donors (Lipinski definition) is 3. The zero-order valence-electron chi connectivity index (χ0n) is 10.9. The molecule has 3 N–H and O–H groups in total. The molecule has 0 spiro atoms. The number of rotatable bonds is 7. The highest BCUT2D eigenvalue weighted by Gasteiger charge is 2.10. The van der Waals surface area contributed by atoms with Crippen LogP contribution in [0.5, 0.6) is 0 Å². The maximum absolute atomic E-state index is 11.5. The standard InChI is InChI=1S/C12H26N2O2/c1-9(2)8-11(4)14-12(16)13-10(3)6-5-7-15/h9-11,15H,5-8H2,1-4H3,(H2,13,14,16). The Bertz CT molecular complexity index is 195. The first-order chi connectivity index (χ1) is 7.45. The molecule has 0 rings (SSSR count). The van der Waals surface area contributed by atoms with Gasteiger partial charge in [-0.25, -0.2) is 4.79 Å². The molecule has 0 aliphatic rings. The van der Waals surface area contributed by atoms with Gasteiger partial charge >= 0.3 is 6.03 Å². The summed E-state index contributed by atoms with van der Waals surface area (Å²) in [6.07, 6.45) is 2.52. The van der Waals surface area contributed by atoms with Crippen molar-refractivity contribution in [3.05, 3.63) is 0 Å². The SMILES string of the molecule is CC(C)CC(C)NC(=O)NC(C)CCCO. The van der Waals surface area contributed by atoms with E-state index in [2.05, 4.69) is 24.5 Å². The molecule has 4 nitrogen and oxygen atoms in total. The van der Waals surface area contributed by atoms with E-state index in [9.17, 15) is 4.79 Å². The fourth-order valence-corrected chi connectivity index (χ4v) is 1.72. The highest BCUT2D eigenvalue weighted by Crippen LogP contribution is 2.03. The molecule has 2 amide bonds. The molecule has 0 aromatic carbocycles. The van der Waals surface area contributed by atoms with Crippen molar-refractivity contribution in [1.82, 2.24) is 10.6 Å². The topological polar surface area (TPSA) is 61.4 Å². The summed E-state index contributed by atoms with van der Waals surface area (Å²) >= 11 is 0. The van der Waals surface area contributed by atoms with Gasteiger partial charge in [-0.2, -0.15) is 0 Å². The smallest absolute Gasteiger partial charge is 0.315 e. The van der Waals surface area contributed by atoms with Gasteiger partial charge in [0, 0.05) is 18.7 Å². The molecule has 0 aliphatic heterocycles. The maximum Gasteiger partial charge on any atom is 0.315 e. The quantitative estimate of drug-likeness (QED) is 0.625. The summed E-state index contributed by atoms with van der Waals surface area (Å²) in [5, 5.41) is 14.4. The predicted molar refractivity (Wildman–Crippen MR) is 66.4 cm³/mol. The first kappa shape index (κ1) is 15.2. The third kappa shape index (κ3) is 8.53. The zero-order chi connectivity index (χ0) is 12.6. The van der Waals surface area contributed by atoms with E-state index in [1.165, 1.54) is 0 Å². The highest BCUT2D eigenvalue weighted by atomic mass is 16.3. The molecule has 2 atom stereocenters. The van der Waals surface area contributed by atoms with Gasteiger partial charge in [-0.05, 0) is 39.0 Å². The van der Waals surface area contributed by atoms with Crippen molar-refractivity contribution in [3.8, 4) is 0 Å². The average molecular weight is 230 g/mol. The van der Waals surface area contributed by atoms with Crippen LogP contribution >= 0.6 is 0 Å². The van der Waals surface area contributed by atoms with Gasteiger partial charge in [-0.1, -0.05) is 13.8 Å². The molecule has 0 saturated heterocycles. The largest absolute Gasteiger partial charge is 0.396 e. The molecule has 0 saturated carbocycles. The van der Waals surface area contributed by atoms with Crippen molar-refractivity contribution < 1.29 is 9.90 Å². The molecule has 0 aromatic heterocycles. The van der Waals surface area contributed by atoms with Crippen molar-refractivity contribution in [2.24, 2.45) is 5.92 Å². The zero-order valence-corrected chi connectivity index (χ0v) is 10.9. The van der Waals surface area contributed by atoms with Crippen LogP contribution in [0, 0.1) is 5.92 Å². The minimum Gasteiger partial charge on any atom is -0.396 e. The van der Waals surface area contributed by atoms with E-state index in [4.69, 9.17) is 5.11 Å². The summed E-state index contributed by atoms with van der Waals surface area (Å²) in [5.41, 5.74) is 0. The van der Waals surface area contributed by atoms with Crippen molar-refractivity contribution >= 4 is 6.03 Å². The molecule has 0 aliphatic carbocycles. The van der Waals surface area contributed by atoms with Gasteiger partial charge in [0.2, 0.25) is 0 Å². The van der Waals surface area contributed by atoms with E-state index in [1.54, 1.807) is 0 Å². The Labute approximate surface area is 98.8 Å². The Morgan fingerprint density at radius 1 is 1.12 bits per heavy atom. The van der Waals surface area contributed by atoms with Gasteiger partial charge in [0.1, 0.15) is 0 Å². The van der Waals surface area contributed by atoms with Gasteiger partial charge < -0.3 is 15.7 Å². The summed E-state index contributed by atoms with van der Waals surface area (Å²) in [4.78, 5) is 11.5. The summed E-state index contributed by atoms with van der Waals surface area (Å²) in [6, 6.07) is 0.196. The fourth-order valence-electron chi connectivity index (χ4n) is 1.72. The lowest BCUT2D eigenvalue weighted by molar-refractivity contribution is 0.230. The molecule has 0 fully saturated rings. The second-order valence-electron chi connectivity index (χ2n) is 4.92. The Balaban J connectivity index is 3.72. The predicted octanol–water partition coefficient (Wildman–Crippen LogP) is 1.88. The van der Waals surface area contributed by atoms with E-state index in [-0.39, 0.29) is 24.7 Å². The number of nitrogens with one attached hydrogen (secondary N) is 2. The normalized spacial score (nSPS) is 14.6. The lowest BCUT2D eigenvalue weighted by Gasteiger charge is -2.19. The van der Waals surface area contributed by atoms with E-state index < -0.39 is 0 Å². The van der Waals surface area contributed by atoms with Crippen LogP contribution in [0.4, 0.5) is 4.79 Å². The third-order valence-corrected chi connectivity index (χ3v) is 2.38. The minimum absolute atomic E-state index is 0.110. The van der Waals surface area contributed by atoms with Crippen molar-refractivity contribution in [1.29, 1.82) is 0 Å². The second-order valence-corrected chi connectivity index (χ2v) is 4.92. The van der Waals surface area contributed by atoms with E-state index in [0.29, 0.717) is 5.92 Å². The Hall–Kier alpha value is -0.770. The molecule has 0 heterocycles. The van der Waals surface area contributed by atoms with Crippen LogP contribution in [0.2, 0.25) is 0 Å². The fraction of sp³-hybridized carbons (Fsp3) is 0.917. The molecule has 0 radical (unpaired) electrons. The molecule has 16 heavy (non-hydrogen) atoms. The Morgan fingerprint density at radius 3 is 2.19 bits per heavy atom. The first-order valence-electron chi connectivity index (χ1n) is 6.13. The summed E-state index contributed by atoms with van der Waals surface area (Å²) in [6.45, 7) is 8.41.